The Hall–Kier alpha value is -1.68. The predicted octanol–water partition coefficient (Wildman–Crippen LogP) is 6.07. The van der Waals surface area contributed by atoms with Gasteiger partial charge in [-0.05, 0) is 36.1 Å². The molecule has 3 rings (SSSR count). The largest absolute Gasteiger partial charge is 0.348 e. The molecule has 0 fully saturated rings. The van der Waals surface area contributed by atoms with E-state index in [1.54, 1.807) is 12.1 Å². The molecule has 0 aliphatic rings. The van der Waals surface area contributed by atoms with Crippen LogP contribution in [0.5, 0.6) is 0 Å². The molecule has 0 atom stereocenters. The third-order valence-corrected chi connectivity index (χ3v) is 5.58. The lowest BCUT2D eigenvalue weighted by Gasteiger charge is -2.07. The number of para-hydroxylation sites is 1. The highest BCUT2D eigenvalue weighted by Gasteiger charge is 2.17. The molecule has 0 unspecified atom stereocenters. The molecule has 1 heterocycles. The molecular formula is C21H21Cl3N2O. The van der Waals surface area contributed by atoms with Crippen molar-refractivity contribution in [3.05, 3.63) is 69.3 Å². The number of carbonyl (C=O) groups is 1. The van der Waals surface area contributed by atoms with Crippen molar-refractivity contribution in [2.75, 3.05) is 5.88 Å². The first-order valence-corrected chi connectivity index (χ1v) is 10.2. The van der Waals surface area contributed by atoms with Gasteiger partial charge in [0.15, 0.2) is 0 Å². The molecule has 0 saturated heterocycles. The number of fused-ring (bicyclic) bond motifs is 1. The molecule has 0 aliphatic heterocycles. The summed E-state index contributed by atoms with van der Waals surface area (Å²) in [5, 5.41) is 4.93. The first-order chi connectivity index (χ1) is 13.0. The molecule has 142 valence electrons. The molecule has 27 heavy (non-hydrogen) atoms. The van der Waals surface area contributed by atoms with Crippen molar-refractivity contribution in [1.29, 1.82) is 0 Å². The van der Waals surface area contributed by atoms with Crippen LogP contribution in [0.2, 0.25) is 10.0 Å². The minimum absolute atomic E-state index is 0.107. The number of alkyl halides is 1. The van der Waals surface area contributed by atoms with Crippen molar-refractivity contribution < 1.29 is 4.79 Å². The number of rotatable bonds is 7. The quantitative estimate of drug-likeness (QED) is 0.460. The number of aryl methyl sites for hydroxylation is 2. The highest BCUT2D eigenvalue weighted by Crippen LogP contribution is 2.26. The predicted molar refractivity (Wildman–Crippen MR) is 114 cm³/mol. The summed E-state index contributed by atoms with van der Waals surface area (Å²) in [7, 11) is 0. The Morgan fingerprint density at radius 1 is 1.15 bits per heavy atom. The summed E-state index contributed by atoms with van der Waals surface area (Å²) in [5.41, 5.74) is 3.92. The van der Waals surface area contributed by atoms with E-state index in [0.717, 1.165) is 35.9 Å². The van der Waals surface area contributed by atoms with Crippen molar-refractivity contribution in [2.45, 2.75) is 32.9 Å². The fourth-order valence-electron chi connectivity index (χ4n) is 3.24. The fraction of sp³-hybridized carbons (Fsp3) is 0.286. The number of nitrogens with zero attached hydrogens (tertiary/aromatic N) is 1. The first-order valence-electron chi connectivity index (χ1n) is 8.94. The Balaban J connectivity index is 1.88. The van der Waals surface area contributed by atoms with E-state index < -0.39 is 0 Å². The highest BCUT2D eigenvalue weighted by molar-refractivity contribution is 6.42. The maximum absolute atomic E-state index is 12.9. The average Bonchev–Trinajstić information content (AvgIpc) is 3.06. The maximum atomic E-state index is 12.9. The van der Waals surface area contributed by atoms with Gasteiger partial charge in [-0.25, -0.2) is 0 Å². The molecule has 0 aliphatic carbocycles. The molecular weight excluding hydrogens is 403 g/mol. The van der Waals surface area contributed by atoms with E-state index in [-0.39, 0.29) is 5.91 Å². The lowest BCUT2D eigenvalue weighted by molar-refractivity contribution is 0.0952. The Bertz CT molecular complexity index is 965. The van der Waals surface area contributed by atoms with Gasteiger partial charge in [-0.2, -0.15) is 0 Å². The van der Waals surface area contributed by atoms with E-state index in [1.807, 2.05) is 24.4 Å². The van der Waals surface area contributed by atoms with Crippen molar-refractivity contribution >= 4 is 51.6 Å². The maximum Gasteiger partial charge on any atom is 0.253 e. The van der Waals surface area contributed by atoms with Crippen LogP contribution in [0.3, 0.4) is 0 Å². The van der Waals surface area contributed by atoms with Gasteiger partial charge >= 0.3 is 0 Å². The molecule has 1 N–H and O–H groups in total. The van der Waals surface area contributed by atoms with Crippen LogP contribution in [0.1, 0.15) is 34.8 Å². The zero-order valence-electron chi connectivity index (χ0n) is 15.1. The summed E-state index contributed by atoms with van der Waals surface area (Å²) >= 11 is 17.9. The molecule has 0 radical (unpaired) electrons. The minimum atomic E-state index is -0.107. The van der Waals surface area contributed by atoms with Gasteiger partial charge in [0.25, 0.3) is 5.91 Å². The number of amides is 1. The number of halogens is 3. The van der Waals surface area contributed by atoms with Crippen LogP contribution >= 0.6 is 34.8 Å². The van der Waals surface area contributed by atoms with Gasteiger partial charge in [0.2, 0.25) is 0 Å². The molecule has 0 spiro atoms. The molecule has 3 nitrogen and oxygen atoms in total. The SMILES string of the molecule is CCc1cccc2c(C(=O)NCc3ccc(Cl)c(Cl)c3)cn(CCCCl)c12. The van der Waals surface area contributed by atoms with Crippen LogP contribution in [-0.2, 0) is 19.5 Å². The van der Waals surface area contributed by atoms with Gasteiger partial charge in [-0.3, -0.25) is 4.79 Å². The van der Waals surface area contributed by atoms with E-state index in [1.165, 1.54) is 5.56 Å². The van der Waals surface area contributed by atoms with Gasteiger partial charge in [-0.1, -0.05) is 54.4 Å². The van der Waals surface area contributed by atoms with Gasteiger partial charge in [0.1, 0.15) is 0 Å². The number of benzene rings is 2. The smallest absolute Gasteiger partial charge is 0.253 e. The number of hydrogen-bond donors (Lipinski definition) is 1. The average molecular weight is 424 g/mol. The second kappa shape index (κ2) is 9.01. The van der Waals surface area contributed by atoms with Gasteiger partial charge < -0.3 is 9.88 Å². The monoisotopic (exact) mass is 422 g/mol. The second-order valence-corrected chi connectivity index (χ2v) is 7.57. The molecule has 1 aromatic heterocycles. The topological polar surface area (TPSA) is 34.0 Å². The van der Waals surface area contributed by atoms with Gasteiger partial charge in [-0.15, -0.1) is 11.6 Å². The van der Waals surface area contributed by atoms with E-state index in [4.69, 9.17) is 34.8 Å². The van der Waals surface area contributed by atoms with Crippen molar-refractivity contribution in [2.24, 2.45) is 0 Å². The summed E-state index contributed by atoms with van der Waals surface area (Å²) in [6.45, 7) is 3.30. The normalized spacial score (nSPS) is 11.1. The summed E-state index contributed by atoms with van der Waals surface area (Å²) in [6.07, 6.45) is 3.70. The van der Waals surface area contributed by atoms with Crippen LogP contribution in [0.15, 0.2) is 42.6 Å². The Labute approximate surface area is 174 Å². The van der Waals surface area contributed by atoms with Crippen LogP contribution in [0.25, 0.3) is 10.9 Å². The molecule has 0 saturated carbocycles. The lowest BCUT2D eigenvalue weighted by Crippen LogP contribution is -2.22. The van der Waals surface area contributed by atoms with Crippen LogP contribution in [0, 0.1) is 0 Å². The Morgan fingerprint density at radius 3 is 2.67 bits per heavy atom. The van der Waals surface area contributed by atoms with Crippen molar-refractivity contribution in [3.8, 4) is 0 Å². The lowest BCUT2D eigenvalue weighted by atomic mass is 10.1. The van der Waals surface area contributed by atoms with Crippen LogP contribution in [-0.4, -0.2) is 16.4 Å². The Morgan fingerprint density at radius 2 is 1.96 bits per heavy atom. The number of aromatic nitrogens is 1. The third-order valence-electron chi connectivity index (χ3n) is 4.58. The summed E-state index contributed by atoms with van der Waals surface area (Å²) in [5.74, 6) is 0.483. The number of nitrogens with one attached hydrogen (secondary N) is 1. The van der Waals surface area contributed by atoms with Gasteiger partial charge in [0, 0.05) is 30.6 Å². The first kappa shape index (κ1) is 20.1. The third kappa shape index (κ3) is 4.43. The number of hydrogen-bond acceptors (Lipinski definition) is 1. The molecule has 3 aromatic rings. The number of carbonyl (C=O) groups excluding carboxylic acids is 1. The zero-order chi connectivity index (χ0) is 19.4. The zero-order valence-corrected chi connectivity index (χ0v) is 17.3. The highest BCUT2D eigenvalue weighted by atomic mass is 35.5. The minimum Gasteiger partial charge on any atom is -0.348 e. The summed E-state index contributed by atoms with van der Waals surface area (Å²) in [4.78, 5) is 12.9. The van der Waals surface area contributed by atoms with E-state index >= 15 is 0 Å². The summed E-state index contributed by atoms with van der Waals surface area (Å²) in [6, 6.07) is 11.5. The van der Waals surface area contributed by atoms with E-state index in [9.17, 15) is 4.79 Å². The molecule has 6 heteroatoms. The van der Waals surface area contributed by atoms with E-state index in [2.05, 4.69) is 22.9 Å². The second-order valence-electron chi connectivity index (χ2n) is 6.38. The van der Waals surface area contributed by atoms with Crippen LogP contribution in [0.4, 0.5) is 0 Å². The summed E-state index contributed by atoms with van der Waals surface area (Å²) < 4.78 is 2.14. The van der Waals surface area contributed by atoms with Crippen molar-refractivity contribution in [1.82, 2.24) is 9.88 Å². The van der Waals surface area contributed by atoms with Gasteiger partial charge in [0.05, 0.1) is 21.1 Å². The molecule has 0 bridgehead atoms. The van der Waals surface area contributed by atoms with Crippen LogP contribution < -0.4 is 5.32 Å². The fourth-order valence-corrected chi connectivity index (χ4v) is 3.68. The molecule has 2 aromatic carbocycles. The van der Waals surface area contributed by atoms with Crippen molar-refractivity contribution in [3.63, 3.8) is 0 Å². The van der Waals surface area contributed by atoms with E-state index in [0.29, 0.717) is 28.0 Å². The molecule has 1 amide bonds. The standard InChI is InChI=1S/C21H21Cl3N2O/c1-2-15-5-3-6-16-17(13-26(20(15)16)10-4-9-22)21(27)25-12-14-7-8-18(23)19(24)11-14/h3,5-8,11,13H,2,4,9-10,12H2,1H3,(H,25,27). The Kier molecular flexibility index (Phi) is 6.69.